The number of anilines is 1. The second-order valence-electron chi connectivity index (χ2n) is 8.38. The lowest BCUT2D eigenvalue weighted by Gasteiger charge is -2.32. The number of rotatable bonds is 7. The minimum absolute atomic E-state index is 0.111. The van der Waals surface area contributed by atoms with Gasteiger partial charge >= 0.3 is 0 Å². The highest BCUT2D eigenvalue weighted by Crippen LogP contribution is 2.19. The Morgan fingerprint density at radius 3 is 2.42 bits per heavy atom. The fourth-order valence-electron chi connectivity index (χ4n) is 3.46. The Morgan fingerprint density at radius 1 is 1.06 bits per heavy atom. The summed E-state index contributed by atoms with van der Waals surface area (Å²) in [6.45, 7) is 8.63. The Morgan fingerprint density at radius 2 is 1.74 bits per heavy atom. The molecule has 1 aliphatic rings. The number of benzene rings is 2. The van der Waals surface area contributed by atoms with E-state index in [0.717, 1.165) is 38.3 Å². The number of carbonyl (C=O) groups excluding carboxylic acids is 1. The predicted molar refractivity (Wildman–Crippen MR) is 124 cm³/mol. The van der Waals surface area contributed by atoms with Crippen LogP contribution < -0.4 is 5.32 Å². The molecule has 1 saturated heterocycles. The number of sulfonamides is 1. The molecule has 8 heteroatoms. The number of likely N-dealkylation sites (N-methyl/N-ethyl adjacent to an activating group) is 1. The number of nitrogens with one attached hydrogen (secondary N) is 1. The van der Waals surface area contributed by atoms with E-state index in [2.05, 4.69) is 28.2 Å². The fourth-order valence-corrected chi connectivity index (χ4v) is 4.87. The van der Waals surface area contributed by atoms with E-state index in [9.17, 15) is 13.2 Å². The smallest absolute Gasteiger partial charge is 0.255 e. The Labute approximate surface area is 185 Å². The van der Waals surface area contributed by atoms with Crippen LogP contribution in [0.25, 0.3) is 0 Å². The summed E-state index contributed by atoms with van der Waals surface area (Å²) in [4.78, 5) is 17.6. The zero-order valence-corrected chi connectivity index (χ0v) is 19.5. The summed E-state index contributed by atoms with van der Waals surface area (Å²) in [5.41, 5.74) is 2.14. The van der Waals surface area contributed by atoms with Gasteiger partial charge < -0.3 is 10.2 Å². The number of piperazine rings is 1. The first-order valence-electron chi connectivity index (χ1n) is 10.6. The van der Waals surface area contributed by atoms with Crippen molar-refractivity contribution in [3.8, 4) is 0 Å². The van der Waals surface area contributed by atoms with Gasteiger partial charge in [0.15, 0.2) is 0 Å². The molecule has 1 fully saturated rings. The summed E-state index contributed by atoms with van der Waals surface area (Å²) in [5.74, 6) is -0.332. The van der Waals surface area contributed by atoms with Gasteiger partial charge in [-0.1, -0.05) is 18.2 Å². The van der Waals surface area contributed by atoms with Crippen LogP contribution in [0.3, 0.4) is 0 Å². The lowest BCUT2D eigenvalue weighted by molar-refractivity contribution is 0.102. The monoisotopic (exact) mass is 444 g/mol. The first-order chi connectivity index (χ1) is 14.7. The average Bonchev–Trinajstić information content (AvgIpc) is 2.75. The number of carbonyl (C=O) groups is 1. The molecule has 31 heavy (non-hydrogen) atoms. The molecule has 2 aromatic rings. The Kier molecular flexibility index (Phi) is 7.48. The van der Waals surface area contributed by atoms with Gasteiger partial charge in [0.2, 0.25) is 10.0 Å². The number of hydrogen-bond donors (Lipinski definition) is 1. The molecular weight excluding hydrogens is 412 g/mol. The molecule has 2 aromatic carbocycles. The first kappa shape index (κ1) is 23.4. The van der Waals surface area contributed by atoms with Gasteiger partial charge in [0.05, 0.1) is 4.90 Å². The second kappa shape index (κ2) is 9.91. The van der Waals surface area contributed by atoms with Crippen LogP contribution in [0, 0.1) is 0 Å². The van der Waals surface area contributed by atoms with E-state index in [4.69, 9.17) is 0 Å². The molecule has 1 amide bonds. The van der Waals surface area contributed by atoms with Gasteiger partial charge in [-0.25, -0.2) is 8.42 Å². The third-order valence-electron chi connectivity index (χ3n) is 5.69. The first-order valence-corrected chi connectivity index (χ1v) is 12.0. The van der Waals surface area contributed by atoms with E-state index in [0.29, 0.717) is 11.3 Å². The summed E-state index contributed by atoms with van der Waals surface area (Å²) in [5, 5.41) is 2.90. The van der Waals surface area contributed by atoms with Crippen molar-refractivity contribution >= 4 is 21.6 Å². The van der Waals surface area contributed by atoms with E-state index in [1.54, 1.807) is 19.2 Å². The molecule has 0 atom stereocenters. The van der Waals surface area contributed by atoms with Crippen LogP contribution in [0.5, 0.6) is 0 Å². The molecule has 0 aliphatic carbocycles. The molecule has 0 spiro atoms. The highest BCUT2D eigenvalue weighted by atomic mass is 32.2. The molecule has 1 aliphatic heterocycles. The average molecular weight is 445 g/mol. The molecule has 0 aromatic heterocycles. The van der Waals surface area contributed by atoms with Crippen LogP contribution in [-0.4, -0.2) is 74.7 Å². The maximum Gasteiger partial charge on any atom is 0.255 e. The van der Waals surface area contributed by atoms with Gasteiger partial charge in [-0.15, -0.1) is 0 Å². The quantitative estimate of drug-likeness (QED) is 0.711. The van der Waals surface area contributed by atoms with Crippen LogP contribution in [0.15, 0.2) is 53.4 Å². The highest BCUT2D eigenvalue weighted by molar-refractivity contribution is 7.89. The predicted octanol–water partition coefficient (Wildman–Crippen LogP) is 2.72. The third-order valence-corrected chi connectivity index (χ3v) is 7.72. The van der Waals surface area contributed by atoms with Crippen molar-refractivity contribution in [3.63, 3.8) is 0 Å². The van der Waals surface area contributed by atoms with Crippen molar-refractivity contribution in [2.45, 2.75) is 31.3 Å². The normalized spacial score (nSPS) is 16.1. The molecule has 0 saturated carbocycles. The molecule has 0 radical (unpaired) electrons. The summed E-state index contributed by atoms with van der Waals surface area (Å²) >= 11 is 0. The molecule has 0 unspecified atom stereocenters. The standard InChI is InChI=1S/C23H32N4O3S/c1-18(2)26(4)31(29,30)22-10-6-8-20(16-22)23(28)24-21-9-5-7-19(15-21)17-27-13-11-25(3)12-14-27/h5-10,15-16,18H,11-14,17H2,1-4H3,(H,24,28). The van der Waals surface area contributed by atoms with E-state index < -0.39 is 10.0 Å². The molecule has 3 rings (SSSR count). The van der Waals surface area contributed by atoms with Crippen LogP contribution in [-0.2, 0) is 16.6 Å². The fraction of sp³-hybridized carbons (Fsp3) is 0.435. The highest BCUT2D eigenvalue weighted by Gasteiger charge is 2.24. The molecule has 1 heterocycles. The summed E-state index contributed by atoms with van der Waals surface area (Å²) in [6.07, 6.45) is 0. The summed E-state index contributed by atoms with van der Waals surface area (Å²) in [6, 6.07) is 13.8. The van der Waals surface area contributed by atoms with E-state index in [1.807, 2.05) is 32.0 Å². The Balaban J connectivity index is 1.71. The number of hydrogen-bond acceptors (Lipinski definition) is 5. The van der Waals surface area contributed by atoms with Crippen molar-refractivity contribution < 1.29 is 13.2 Å². The molecule has 0 bridgehead atoms. The van der Waals surface area contributed by atoms with Gasteiger partial charge in [-0.05, 0) is 56.8 Å². The lowest BCUT2D eigenvalue weighted by Crippen LogP contribution is -2.43. The van der Waals surface area contributed by atoms with Crippen molar-refractivity contribution in [2.75, 3.05) is 45.6 Å². The zero-order chi connectivity index (χ0) is 22.6. The van der Waals surface area contributed by atoms with Crippen molar-refractivity contribution in [2.24, 2.45) is 0 Å². The van der Waals surface area contributed by atoms with Crippen molar-refractivity contribution in [1.82, 2.24) is 14.1 Å². The lowest BCUT2D eigenvalue weighted by atomic mass is 10.1. The largest absolute Gasteiger partial charge is 0.322 e. The van der Waals surface area contributed by atoms with Gasteiger partial charge in [-0.2, -0.15) is 4.31 Å². The van der Waals surface area contributed by atoms with Gasteiger partial charge in [0.1, 0.15) is 0 Å². The van der Waals surface area contributed by atoms with E-state index >= 15 is 0 Å². The third kappa shape index (κ3) is 5.92. The summed E-state index contributed by atoms with van der Waals surface area (Å²) < 4.78 is 26.8. The molecule has 7 nitrogen and oxygen atoms in total. The minimum Gasteiger partial charge on any atom is -0.322 e. The summed E-state index contributed by atoms with van der Waals surface area (Å²) in [7, 11) is 0.0240. The number of nitrogens with zero attached hydrogens (tertiary/aromatic N) is 3. The van der Waals surface area contributed by atoms with Gasteiger partial charge in [0, 0.05) is 57.1 Å². The molecule has 1 N–H and O–H groups in total. The van der Waals surface area contributed by atoms with Crippen molar-refractivity contribution in [3.05, 3.63) is 59.7 Å². The van der Waals surface area contributed by atoms with E-state index in [-0.39, 0.29) is 16.8 Å². The maximum absolute atomic E-state index is 12.8. The van der Waals surface area contributed by atoms with Crippen LogP contribution in [0.2, 0.25) is 0 Å². The SMILES string of the molecule is CC(C)N(C)S(=O)(=O)c1cccc(C(=O)Nc2cccc(CN3CCN(C)CC3)c2)c1. The molecule has 168 valence electrons. The van der Waals surface area contributed by atoms with Crippen molar-refractivity contribution in [1.29, 1.82) is 0 Å². The molecular formula is C23H32N4O3S. The van der Waals surface area contributed by atoms with Gasteiger partial charge in [0.25, 0.3) is 5.91 Å². The Hall–Kier alpha value is -2.26. The van der Waals surface area contributed by atoms with Crippen LogP contribution in [0.1, 0.15) is 29.8 Å². The topological polar surface area (TPSA) is 73.0 Å². The Bertz CT molecular complexity index is 1010. The van der Waals surface area contributed by atoms with Gasteiger partial charge in [-0.3, -0.25) is 9.69 Å². The maximum atomic E-state index is 12.8. The van der Waals surface area contributed by atoms with Crippen LogP contribution in [0.4, 0.5) is 5.69 Å². The van der Waals surface area contributed by atoms with E-state index in [1.165, 1.54) is 16.4 Å². The second-order valence-corrected chi connectivity index (χ2v) is 10.4. The zero-order valence-electron chi connectivity index (χ0n) is 18.7. The van der Waals surface area contributed by atoms with Crippen LogP contribution >= 0.6 is 0 Å². The minimum atomic E-state index is -3.65. The number of amides is 1.